The van der Waals surface area contributed by atoms with Crippen LogP contribution in [-0.4, -0.2) is 35.1 Å². The van der Waals surface area contributed by atoms with Crippen LogP contribution in [0.3, 0.4) is 0 Å². The predicted octanol–water partition coefficient (Wildman–Crippen LogP) is 3.46. The number of esters is 1. The summed E-state index contributed by atoms with van der Waals surface area (Å²) in [4.78, 5) is 27.9. The van der Waals surface area contributed by atoms with E-state index in [1.807, 2.05) is 30.3 Å². The van der Waals surface area contributed by atoms with Gasteiger partial charge in [-0.05, 0) is 30.7 Å². The number of benzene rings is 2. The van der Waals surface area contributed by atoms with Crippen LogP contribution < -0.4 is 10.1 Å². The first-order valence-corrected chi connectivity index (χ1v) is 9.16. The van der Waals surface area contributed by atoms with Crippen molar-refractivity contribution in [3.05, 3.63) is 64.9 Å². The Morgan fingerprint density at radius 1 is 1.17 bits per heavy atom. The minimum atomic E-state index is -0.906. The van der Waals surface area contributed by atoms with E-state index >= 15 is 0 Å². The third-order valence-electron chi connectivity index (χ3n) is 4.27. The van der Waals surface area contributed by atoms with Crippen molar-refractivity contribution in [2.24, 2.45) is 0 Å². The first kappa shape index (κ1) is 20.4. The Bertz CT molecular complexity index is 1060. The van der Waals surface area contributed by atoms with Crippen LogP contribution in [0.25, 0.3) is 10.8 Å². The number of carbonyl (C=O) groups is 2. The van der Waals surface area contributed by atoms with Gasteiger partial charge in [-0.3, -0.25) is 4.79 Å². The van der Waals surface area contributed by atoms with E-state index in [2.05, 4.69) is 15.0 Å². The number of amides is 1. The van der Waals surface area contributed by atoms with Gasteiger partial charge >= 0.3 is 5.97 Å². The molecule has 0 spiro atoms. The number of pyridine rings is 1. The molecule has 0 radical (unpaired) electrons. The Kier molecular flexibility index (Phi) is 6.19. The van der Waals surface area contributed by atoms with Gasteiger partial charge in [0.1, 0.15) is 23.6 Å². The van der Waals surface area contributed by atoms with Crippen LogP contribution in [0.4, 0.5) is 0 Å². The van der Waals surface area contributed by atoms with E-state index in [1.54, 1.807) is 18.2 Å². The average molecular weight is 415 g/mol. The van der Waals surface area contributed by atoms with Gasteiger partial charge in [-0.1, -0.05) is 41.9 Å². The minimum Gasteiger partial charge on any atom is -0.505 e. The monoisotopic (exact) mass is 414 g/mol. The Labute approximate surface area is 172 Å². The van der Waals surface area contributed by atoms with E-state index in [-0.39, 0.29) is 16.6 Å². The largest absolute Gasteiger partial charge is 0.505 e. The van der Waals surface area contributed by atoms with Crippen molar-refractivity contribution in [3.63, 3.8) is 0 Å². The van der Waals surface area contributed by atoms with Crippen LogP contribution in [0, 0.1) is 0 Å². The van der Waals surface area contributed by atoms with E-state index < -0.39 is 17.9 Å². The second kappa shape index (κ2) is 8.79. The molecule has 0 saturated heterocycles. The summed E-state index contributed by atoms with van der Waals surface area (Å²) in [5.74, 6) is -1.16. The molecule has 0 aliphatic heterocycles. The van der Waals surface area contributed by atoms with Crippen molar-refractivity contribution in [1.29, 1.82) is 0 Å². The SMILES string of the molecule is COC(=O)[C@@H](C)NC(=O)c1nc(Cl)c2cc(OCc3ccccc3)ccc2c1O. The fourth-order valence-corrected chi connectivity index (χ4v) is 2.97. The molecule has 1 amide bonds. The fraction of sp³-hybridized carbons (Fsp3) is 0.190. The Morgan fingerprint density at radius 2 is 1.90 bits per heavy atom. The lowest BCUT2D eigenvalue weighted by molar-refractivity contribution is -0.142. The summed E-state index contributed by atoms with van der Waals surface area (Å²) in [6.07, 6.45) is 0. The lowest BCUT2D eigenvalue weighted by atomic mass is 10.1. The highest BCUT2D eigenvalue weighted by atomic mass is 35.5. The summed E-state index contributed by atoms with van der Waals surface area (Å²) in [7, 11) is 1.21. The standard InChI is InChI=1S/C21H19ClN2O5/c1-12(21(27)28-2)23-20(26)17-18(25)15-9-8-14(10-16(15)19(22)24-17)29-11-13-6-4-3-5-7-13/h3-10,12,25H,11H2,1-2H3,(H,23,26)/t12-/m1/s1. The minimum absolute atomic E-state index is 0.0267. The van der Waals surface area contributed by atoms with E-state index in [9.17, 15) is 14.7 Å². The molecule has 3 aromatic rings. The number of nitrogens with zero attached hydrogens (tertiary/aromatic N) is 1. The summed E-state index contributed by atoms with van der Waals surface area (Å²) < 4.78 is 10.3. The number of halogens is 1. The number of hydrogen-bond acceptors (Lipinski definition) is 6. The van der Waals surface area contributed by atoms with Gasteiger partial charge in [-0.15, -0.1) is 0 Å². The smallest absolute Gasteiger partial charge is 0.328 e. The lowest BCUT2D eigenvalue weighted by Crippen LogP contribution is -2.39. The summed E-state index contributed by atoms with van der Waals surface area (Å²) in [5, 5.41) is 13.7. The van der Waals surface area contributed by atoms with Crippen LogP contribution in [0.5, 0.6) is 11.5 Å². The maximum atomic E-state index is 12.4. The molecule has 2 N–H and O–H groups in total. The van der Waals surface area contributed by atoms with Gasteiger partial charge in [0, 0.05) is 10.8 Å². The Hall–Kier alpha value is -3.32. The van der Waals surface area contributed by atoms with Gasteiger partial charge in [-0.25, -0.2) is 9.78 Å². The second-order valence-electron chi connectivity index (χ2n) is 6.30. The molecule has 0 aliphatic rings. The maximum absolute atomic E-state index is 12.4. The van der Waals surface area contributed by atoms with Crippen LogP contribution in [0.2, 0.25) is 5.15 Å². The highest BCUT2D eigenvalue weighted by molar-refractivity contribution is 6.35. The zero-order chi connectivity index (χ0) is 21.0. The van der Waals surface area contributed by atoms with Crippen molar-refractivity contribution in [3.8, 4) is 11.5 Å². The van der Waals surface area contributed by atoms with Crippen LogP contribution in [0.1, 0.15) is 23.0 Å². The second-order valence-corrected chi connectivity index (χ2v) is 6.66. The van der Waals surface area contributed by atoms with Gasteiger partial charge < -0.3 is 19.9 Å². The maximum Gasteiger partial charge on any atom is 0.328 e. The fourth-order valence-electron chi connectivity index (χ4n) is 2.73. The topological polar surface area (TPSA) is 97.8 Å². The summed E-state index contributed by atoms with van der Waals surface area (Å²) in [6.45, 7) is 1.83. The Balaban J connectivity index is 1.85. The highest BCUT2D eigenvalue weighted by Gasteiger charge is 2.23. The number of fused-ring (bicyclic) bond motifs is 1. The van der Waals surface area contributed by atoms with Gasteiger partial charge in [-0.2, -0.15) is 0 Å². The van der Waals surface area contributed by atoms with Crippen LogP contribution in [-0.2, 0) is 16.1 Å². The van der Waals surface area contributed by atoms with E-state index in [0.717, 1.165) is 5.56 Å². The van der Waals surface area contributed by atoms with E-state index in [4.69, 9.17) is 16.3 Å². The quantitative estimate of drug-likeness (QED) is 0.473. The summed E-state index contributed by atoms with van der Waals surface area (Å²) in [5.41, 5.74) is 0.725. The lowest BCUT2D eigenvalue weighted by Gasteiger charge is -2.14. The molecular formula is C21H19ClN2O5. The number of carbonyl (C=O) groups excluding carboxylic acids is 2. The number of aromatic hydroxyl groups is 1. The molecular weight excluding hydrogens is 396 g/mol. The zero-order valence-electron chi connectivity index (χ0n) is 15.8. The average Bonchev–Trinajstić information content (AvgIpc) is 2.74. The number of ether oxygens (including phenoxy) is 2. The molecule has 150 valence electrons. The molecule has 1 atom stereocenters. The van der Waals surface area contributed by atoms with Crippen molar-refractivity contribution in [2.75, 3.05) is 7.11 Å². The van der Waals surface area contributed by atoms with Gasteiger partial charge in [0.25, 0.3) is 5.91 Å². The molecule has 0 unspecified atom stereocenters. The highest BCUT2D eigenvalue weighted by Crippen LogP contribution is 2.34. The van der Waals surface area contributed by atoms with Gasteiger partial charge in [0.05, 0.1) is 7.11 Å². The van der Waals surface area contributed by atoms with E-state index in [0.29, 0.717) is 23.1 Å². The first-order valence-electron chi connectivity index (χ1n) is 8.78. The third kappa shape index (κ3) is 4.57. The molecule has 0 bridgehead atoms. The Morgan fingerprint density at radius 3 is 2.59 bits per heavy atom. The molecule has 1 aromatic heterocycles. The summed E-state index contributed by atoms with van der Waals surface area (Å²) in [6, 6.07) is 13.7. The first-order chi connectivity index (χ1) is 13.9. The van der Waals surface area contributed by atoms with Crippen molar-refractivity contribution in [1.82, 2.24) is 10.3 Å². The van der Waals surface area contributed by atoms with Gasteiger partial charge in [0.15, 0.2) is 11.4 Å². The normalized spacial score (nSPS) is 11.7. The predicted molar refractivity (Wildman–Crippen MR) is 108 cm³/mol. The van der Waals surface area contributed by atoms with Crippen LogP contribution >= 0.6 is 11.6 Å². The molecule has 29 heavy (non-hydrogen) atoms. The summed E-state index contributed by atoms with van der Waals surface area (Å²) >= 11 is 6.24. The number of nitrogens with one attached hydrogen (secondary N) is 1. The molecule has 8 heteroatoms. The zero-order valence-corrected chi connectivity index (χ0v) is 16.6. The molecule has 0 fully saturated rings. The number of methoxy groups -OCH3 is 1. The molecule has 2 aromatic carbocycles. The molecule has 7 nitrogen and oxygen atoms in total. The molecule has 0 saturated carbocycles. The van der Waals surface area contributed by atoms with Gasteiger partial charge in [0.2, 0.25) is 0 Å². The van der Waals surface area contributed by atoms with Crippen molar-refractivity contribution >= 4 is 34.2 Å². The molecule has 0 aliphatic carbocycles. The third-order valence-corrected chi connectivity index (χ3v) is 4.56. The number of hydrogen-bond donors (Lipinski definition) is 2. The number of rotatable bonds is 6. The van der Waals surface area contributed by atoms with Crippen LogP contribution in [0.15, 0.2) is 48.5 Å². The molecule has 3 rings (SSSR count). The number of aromatic nitrogens is 1. The van der Waals surface area contributed by atoms with Crippen molar-refractivity contribution < 1.29 is 24.2 Å². The van der Waals surface area contributed by atoms with E-state index in [1.165, 1.54) is 14.0 Å². The van der Waals surface area contributed by atoms with Crippen molar-refractivity contribution in [2.45, 2.75) is 19.6 Å². The molecule has 1 heterocycles.